The van der Waals surface area contributed by atoms with Crippen molar-refractivity contribution in [1.29, 1.82) is 0 Å². The molecule has 0 aliphatic heterocycles. The normalized spacial score (nSPS) is 22.5. The third-order valence-corrected chi connectivity index (χ3v) is 4.81. The molecule has 21 heavy (non-hydrogen) atoms. The summed E-state index contributed by atoms with van der Waals surface area (Å²) in [5, 5.41) is 0. The molecule has 118 valence electrons. The van der Waals surface area contributed by atoms with Crippen LogP contribution in [0.2, 0.25) is 0 Å². The lowest BCUT2D eigenvalue weighted by Gasteiger charge is -2.34. The van der Waals surface area contributed by atoms with Gasteiger partial charge < -0.3 is 4.42 Å². The number of carbonyl (C=O) groups is 1. The summed E-state index contributed by atoms with van der Waals surface area (Å²) in [5.74, 6) is 6.75. The van der Waals surface area contributed by atoms with Crippen LogP contribution in [0, 0.1) is 12.8 Å². The van der Waals surface area contributed by atoms with Gasteiger partial charge in [-0.15, -0.1) is 0 Å². The summed E-state index contributed by atoms with van der Waals surface area (Å²) >= 11 is 0. The second-order valence-corrected chi connectivity index (χ2v) is 6.16. The van der Waals surface area contributed by atoms with Gasteiger partial charge in [0.2, 0.25) is 0 Å². The number of carbonyl (C=O) groups excluding carboxylic acids is 1. The highest BCUT2D eigenvalue weighted by Gasteiger charge is 2.24. The highest BCUT2D eigenvalue weighted by atomic mass is 16.4. The Morgan fingerprint density at radius 3 is 2.67 bits per heavy atom. The van der Waals surface area contributed by atoms with Crippen molar-refractivity contribution in [2.75, 3.05) is 7.05 Å². The molecule has 1 amide bonds. The molecule has 1 aliphatic rings. The van der Waals surface area contributed by atoms with Gasteiger partial charge in [-0.25, -0.2) is 5.84 Å². The van der Waals surface area contributed by atoms with Gasteiger partial charge >= 0.3 is 5.91 Å². The van der Waals surface area contributed by atoms with Gasteiger partial charge in [-0.2, -0.15) is 0 Å². The van der Waals surface area contributed by atoms with Gasteiger partial charge in [-0.3, -0.25) is 15.1 Å². The summed E-state index contributed by atoms with van der Waals surface area (Å²) in [6, 6.07) is 2.43. The SMILES string of the molecule is CCC1CCC(N(C)Cc2cc(C(=O)NN)oc2C)CC1. The van der Waals surface area contributed by atoms with E-state index in [2.05, 4.69) is 24.3 Å². The van der Waals surface area contributed by atoms with Crippen molar-refractivity contribution in [2.24, 2.45) is 11.8 Å². The van der Waals surface area contributed by atoms with Crippen LogP contribution in [0.25, 0.3) is 0 Å². The molecule has 0 spiro atoms. The standard InChI is InChI=1S/C16H27N3O2/c1-4-12-5-7-14(8-6-12)19(3)10-13-9-15(16(20)18-17)21-11(13)2/h9,12,14H,4-8,10,17H2,1-3H3,(H,18,20). The van der Waals surface area contributed by atoms with Crippen molar-refractivity contribution in [3.63, 3.8) is 0 Å². The minimum absolute atomic E-state index is 0.285. The molecule has 5 heteroatoms. The fourth-order valence-corrected chi connectivity index (χ4v) is 3.25. The molecule has 0 radical (unpaired) electrons. The van der Waals surface area contributed by atoms with Gasteiger partial charge in [0.15, 0.2) is 5.76 Å². The van der Waals surface area contributed by atoms with Crippen LogP contribution in [0.15, 0.2) is 10.5 Å². The van der Waals surface area contributed by atoms with Crippen LogP contribution >= 0.6 is 0 Å². The fraction of sp³-hybridized carbons (Fsp3) is 0.688. The highest BCUT2D eigenvalue weighted by molar-refractivity contribution is 5.91. The Kier molecular flexibility index (Phi) is 5.42. The van der Waals surface area contributed by atoms with E-state index in [1.54, 1.807) is 6.07 Å². The first-order chi connectivity index (χ1) is 10.0. The van der Waals surface area contributed by atoms with E-state index in [-0.39, 0.29) is 11.7 Å². The first kappa shape index (κ1) is 16.0. The Labute approximate surface area is 126 Å². The van der Waals surface area contributed by atoms with Gasteiger partial charge in [0.05, 0.1) is 0 Å². The Hall–Kier alpha value is -1.33. The number of aryl methyl sites for hydroxylation is 1. The molecule has 1 fully saturated rings. The molecule has 0 aromatic carbocycles. The lowest BCUT2D eigenvalue weighted by Crippen LogP contribution is -2.34. The molecule has 1 aliphatic carbocycles. The second-order valence-electron chi connectivity index (χ2n) is 6.16. The van der Waals surface area contributed by atoms with Crippen LogP contribution in [0.1, 0.15) is 60.9 Å². The molecule has 1 heterocycles. The number of furan rings is 1. The average molecular weight is 293 g/mol. The molecule has 3 N–H and O–H groups in total. The first-order valence-electron chi connectivity index (χ1n) is 7.85. The zero-order valence-electron chi connectivity index (χ0n) is 13.3. The van der Waals surface area contributed by atoms with E-state index >= 15 is 0 Å². The van der Waals surface area contributed by atoms with E-state index in [4.69, 9.17) is 10.3 Å². The second kappa shape index (κ2) is 7.09. The van der Waals surface area contributed by atoms with E-state index in [0.717, 1.165) is 23.8 Å². The Morgan fingerprint density at radius 1 is 1.43 bits per heavy atom. The van der Waals surface area contributed by atoms with Crippen molar-refractivity contribution in [3.8, 4) is 0 Å². The lowest BCUT2D eigenvalue weighted by molar-refractivity contribution is 0.0924. The molecule has 1 aromatic heterocycles. The number of nitrogen functional groups attached to an aromatic ring is 1. The topological polar surface area (TPSA) is 71.5 Å². The van der Waals surface area contributed by atoms with E-state index in [0.29, 0.717) is 6.04 Å². The summed E-state index contributed by atoms with van der Waals surface area (Å²) in [6.07, 6.45) is 6.49. The highest BCUT2D eigenvalue weighted by Crippen LogP contribution is 2.30. The lowest BCUT2D eigenvalue weighted by atomic mass is 9.84. The molecule has 0 bridgehead atoms. The maximum absolute atomic E-state index is 11.5. The zero-order valence-corrected chi connectivity index (χ0v) is 13.3. The van der Waals surface area contributed by atoms with E-state index < -0.39 is 0 Å². The number of hydrogen-bond acceptors (Lipinski definition) is 4. The average Bonchev–Trinajstić information content (AvgIpc) is 2.87. The molecule has 1 aromatic rings. The maximum Gasteiger partial charge on any atom is 0.300 e. The first-order valence-corrected chi connectivity index (χ1v) is 7.85. The number of hydrazine groups is 1. The van der Waals surface area contributed by atoms with Crippen LogP contribution in [-0.4, -0.2) is 23.9 Å². The maximum atomic E-state index is 11.5. The molecule has 0 atom stereocenters. The van der Waals surface area contributed by atoms with Gasteiger partial charge in [0.1, 0.15) is 5.76 Å². The molecular weight excluding hydrogens is 266 g/mol. The van der Waals surface area contributed by atoms with Crippen LogP contribution in [-0.2, 0) is 6.54 Å². The minimum atomic E-state index is -0.379. The quantitative estimate of drug-likeness (QED) is 0.497. The predicted octanol–water partition coefficient (Wildman–Crippen LogP) is 2.59. The summed E-state index contributed by atoms with van der Waals surface area (Å²) in [4.78, 5) is 13.9. The fourth-order valence-electron chi connectivity index (χ4n) is 3.25. The molecule has 1 saturated carbocycles. The van der Waals surface area contributed by atoms with Gasteiger partial charge in [0.25, 0.3) is 0 Å². The molecule has 2 rings (SSSR count). The monoisotopic (exact) mass is 293 g/mol. The van der Waals surface area contributed by atoms with Gasteiger partial charge in [0, 0.05) is 18.2 Å². The van der Waals surface area contributed by atoms with Crippen molar-refractivity contribution in [3.05, 3.63) is 23.2 Å². The third kappa shape index (κ3) is 3.86. The van der Waals surface area contributed by atoms with E-state index in [9.17, 15) is 4.79 Å². The molecule has 0 unspecified atom stereocenters. The van der Waals surface area contributed by atoms with Crippen molar-refractivity contribution in [2.45, 2.75) is 58.5 Å². The number of hydrogen-bond donors (Lipinski definition) is 2. The van der Waals surface area contributed by atoms with Crippen molar-refractivity contribution in [1.82, 2.24) is 10.3 Å². The third-order valence-electron chi connectivity index (χ3n) is 4.81. The zero-order chi connectivity index (χ0) is 15.4. The van der Waals surface area contributed by atoms with Crippen LogP contribution in [0.3, 0.4) is 0 Å². The largest absolute Gasteiger partial charge is 0.456 e. The molecule has 0 saturated heterocycles. The Morgan fingerprint density at radius 2 is 2.10 bits per heavy atom. The number of rotatable bonds is 5. The Bertz CT molecular complexity index is 476. The minimum Gasteiger partial charge on any atom is -0.456 e. The van der Waals surface area contributed by atoms with Crippen molar-refractivity contribution < 1.29 is 9.21 Å². The summed E-state index contributed by atoms with van der Waals surface area (Å²) in [5.41, 5.74) is 3.17. The summed E-state index contributed by atoms with van der Waals surface area (Å²) in [7, 11) is 2.16. The summed E-state index contributed by atoms with van der Waals surface area (Å²) in [6.45, 7) is 4.99. The predicted molar refractivity (Wildman–Crippen MR) is 82.6 cm³/mol. The van der Waals surface area contributed by atoms with Crippen molar-refractivity contribution >= 4 is 5.91 Å². The number of nitrogens with zero attached hydrogens (tertiary/aromatic N) is 1. The Balaban J connectivity index is 1.95. The van der Waals surface area contributed by atoms with E-state index in [1.165, 1.54) is 32.1 Å². The summed E-state index contributed by atoms with van der Waals surface area (Å²) < 4.78 is 5.47. The molecule has 5 nitrogen and oxygen atoms in total. The van der Waals surface area contributed by atoms with Gasteiger partial charge in [-0.1, -0.05) is 13.3 Å². The van der Waals surface area contributed by atoms with Crippen LogP contribution in [0.5, 0.6) is 0 Å². The smallest absolute Gasteiger partial charge is 0.300 e. The molecular formula is C16H27N3O2. The van der Waals surface area contributed by atoms with Crippen LogP contribution in [0.4, 0.5) is 0 Å². The van der Waals surface area contributed by atoms with E-state index in [1.807, 2.05) is 6.92 Å². The number of amides is 1. The van der Waals surface area contributed by atoms with Crippen LogP contribution < -0.4 is 11.3 Å². The number of nitrogens with two attached hydrogens (primary N) is 1. The number of nitrogens with one attached hydrogen (secondary N) is 1. The van der Waals surface area contributed by atoms with Gasteiger partial charge in [-0.05, 0) is 51.6 Å².